The van der Waals surface area contributed by atoms with E-state index in [0.717, 1.165) is 5.56 Å². The van der Waals surface area contributed by atoms with E-state index >= 15 is 0 Å². The van der Waals surface area contributed by atoms with Crippen LogP contribution in [0.2, 0.25) is 0 Å². The molecule has 1 unspecified atom stereocenters. The van der Waals surface area contributed by atoms with Gasteiger partial charge in [0, 0.05) is 14.1 Å². The lowest BCUT2D eigenvalue weighted by Gasteiger charge is -2.42. The van der Waals surface area contributed by atoms with Crippen LogP contribution in [0.4, 0.5) is 4.79 Å². The highest BCUT2D eigenvalue weighted by molar-refractivity contribution is 5.74. The Bertz CT molecular complexity index is 396. The molecule has 18 heavy (non-hydrogen) atoms. The summed E-state index contributed by atoms with van der Waals surface area (Å²) in [6.45, 7) is 1.10. The number of benzene rings is 1. The summed E-state index contributed by atoms with van der Waals surface area (Å²) in [5.74, 6) is 0. The van der Waals surface area contributed by atoms with Gasteiger partial charge in [-0.3, -0.25) is 4.90 Å². The summed E-state index contributed by atoms with van der Waals surface area (Å²) in [5.41, 5.74) is 1.07. The van der Waals surface area contributed by atoms with Gasteiger partial charge in [-0.05, 0) is 5.56 Å². The van der Waals surface area contributed by atoms with Crippen LogP contribution in [0.15, 0.2) is 30.3 Å². The van der Waals surface area contributed by atoms with E-state index in [1.807, 2.05) is 30.3 Å². The highest BCUT2D eigenvalue weighted by Gasteiger charge is 2.30. The molecular weight excluding hydrogens is 230 g/mol. The molecule has 1 N–H and O–H groups in total. The lowest BCUT2D eigenvalue weighted by atomic mass is 10.1. The number of carbonyl (C=O) groups is 1. The second kappa shape index (κ2) is 5.37. The van der Waals surface area contributed by atoms with Gasteiger partial charge in [0.25, 0.3) is 0 Å². The standard InChI is InChI=1S/C13H19N3O2/c1-14-9-16(10-15(2)13(14)18)12(8-17)11-6-4-3-5-7-11/h3-7,12,17H,8-10H2,1-2H3. The van der Waals surface area contributed by atoms with Crippen molar-refractivity contribution in [3.8, 4) is 0 Å². The van der Waals surface area contributed by atoms with Crippen LogP contribution in [0.5, 0.6) is 0 Å². The molecule has 1 heterocycles. The molecule has 0 bridgehead atoms. The van der Waals surface area contributed by atoms with Gasteiger partial charge < -0.3 is 14.9 Å². The topological polar surface area (TPSA) is 47.0 Å². The minimum Gasteiger partial charge on any atom is -0.394 e. The van der Waals surface area contributed by atoms with E-state index < -0.39 is 0 Å². The summed E-state index contributed by atoms with van der Waals surface area (Å²) in [6.07, 6.45) is 0. The highest BCUT2D eigenvalue weighted by atomic mass is 16.3. The Hall–Kier alpha value is -1.59. The SMILES string of the molecule is CN1CN(C(CO)c2ccccc2)CN(C)C1=O. The van der Waals surface area contributed by atoms with Crippen LogP contribution in [0.25, 0.3) is 0 Å². The number of aliphatic hydroxyl groups excluding tert-OH is 1. The van der Waals surface area contributed by atoms with Crippen molar-refractivity contribution < 1.29 is 9.90 Å². The molecule has 1 aliphatic heterocycles. The van der Waals surface area contributed by atoms with Gasteiger partial charge in [0.1, 0.15) is 0 Å². The van der Waals surface area contributed by atoms with Gasteiger partial charge in [-0.15, -0.1) is 0 Å². The molecule has 0 saturated carbocycles. The molecule has 1 fully saturated rings. The van der Waals surface area contributed by atoms with Gasteiger partial charge in [0.2, 0.25) is 0 Å². The fourth-order valence-corrected chi connectivity index (χ4v) is 2.31. The van der Waals surface area contributed by atoms with Crippen LogP contribution in [0.3, 0.4) is 0 Å². The maximum absolute atomic E-state index is 11.7. The zero-order valence-electron chi connectivity index (χ0n) is 10.8. The molecule has 0 spiro atoms. The van der Waals surface area contributed by atoms with E-state index in [4.69, 9.17) is 0 Å². The van der Waals surface area contributed by atoms with Crippen molar-refractivity contribution in [1.29, 1.82) is 0 Å². The van der Waals surface area contributed by atoms with E-state index in [1.165, 1.54) is 0 Å². The van der Waals surface area contributed by atoms with E-state index in [2.05, 4.69) is 4.90 Å². The normalized spacial score (nSPS) is 19.2. The molecule has 1 aromatic rings. The lowest BCUT2D eigenvalue weighted by Crippen LogP contribution is -2.56. The van der Waals surface area contributed by atoms with Gasteiger partial charge in [-0.25, -0.2) is 4.79 Å². The average molecular weight is 249 g/mol. The maximum atomic E-state index is 11.7. The number of hydrogen-bond acceptors (Lipinski definition) is 3. The van der Waals surface area contributed by atoms with Crippen LogP contribution in [-0.2, 0) is 0 Å². The van der Waals surface area contributed by atoms with E-state index in [-0.39, 0.29) is 18.7 Å². The fourth-order valence-electron chi connectivity index (χ4n) is 2.31. The number of urea groups is 1. The average Bonchev–Trinajstić information content (AvgIpc) is 2.38. The predicted octanol–water partition coefficient (Wildman–Crippen LogP) is 0.934. The first-order valence-electron chi connectivity index (χ1n) is 5.99. The molecule has 0 aromatic heterocycles. The molecule has 1 saturated heterocycles. The second-order valence-corrected chi connectivity index (χ2v) is 4.66. The van der Waals surface area contributed by atoms with Crippen molar-refractivity contribution >= 4 is 6.03 Å². The molecule has 2 rings (SSSR count). The first-order chi connectivity index (χ1) is 8.63. The first kappa shape index (κ1) is 12.9. The summed E-state index contributed by atoms with van der Waals surface area (Å²) < 4.78 is 0. The number of rotatable bonds is 3. The molecule has 2 amide bonds. The monoisotopic (exact) mass is 249 g/mol. The molecular formula is C13H19N3O2. The molecule has 1 aromatic carbocycles. The van der Waals surface area contributed by atoms with Crippen molar-refractivity contribution in [3.05, 3.63) is 35.9 Å². The maximum Gasteiger partial charge on any atom is 0.321 e. The molecule has 5 heteroatoms. The number of aliphatic hydroxyl groups is 1. The van der Waals surface area contributed by atoms with E-state index in [0.29, 0.717) is 13.3 Å². The van der Waals surface area contributed by atoms with E-state index in [9.17, 15) is 9.90 Å². The van der Waals surface area contributed by atoms with Gasteiger partial charge in [-0.1, -0.05) is 30.3 Å². The number of amides is 2. The zero-order chi connectivity index (χ0) is 13.1. The smallest absolute Gasteiger partial charge is 0.321 e. The van der Waals surface area contributed by atoms with Crippen molar-refractivity contribution in [2.24, 2.45) is 0 Å². The van der Waals surface area contributed by atoms with Crippen molar-refractivity contribution in [3.63, 3.8) is 0 Å². The third-order valence-corrected chi connectivity index (χ3v) is 3.24. The molecule has 5 nitrogen and oxygen atoms in total. The number of hydrogen-bond donors (Lipinski definition) is 1. The quantitative estimate of drug-likeness (QED) is 0.867. The Morgan fingerprint density at radius 1 is 1.17 bits per heavy atom. The molecule has 0 radical (unpaired) electrons. The van der Waals surface area contributed by atoms with Crippen molar-refractivity contribution in [1.82, 2.24) is 14.7 Å². The van der Waals surface area contributed by atoms with Crippen LogP contribution in [0.1, 0.15) is 11.6 Å². The predicted molar refractivity (Wildman–Crippen MR) is 68.8 cm³/mol. The van der Waals surface area contributed by atoms with Crippen LogP contribution < -0.4 is 0 Å². The Balaban J connectivity index is 2.16. The fraction of sp³-hybridized carbons (Fsp3) is 0.462. The number of carbonyl (C=O) groups excluding carboxylic acids is 1. The highest BCUT2D eigenvalue weighted by Crippen LogP contribution is 2.22. The molecule has 98 valence electrons. The Morgan fingerprint density at radius 3 is 2.22 bits per heavy atom. The summed E-state index contributed by atoms with van der Waals surface area (Å²) in [7, 11) is 3.54. The minimum atomic E-state index is -0.0794. The Kier molecular flexibility index (Phi) is 3.84. The Labute approximate surface area is 107 Å². The van der Waals surface area contributed by atoms with Crippen LogP contribution >= 0.6 is 0 Å². The third kappa shape index (κ3) is 2.47. The minimum absolute atomic E-state index is 0.0102. The Morgan fingerprint density at radius 2 is 1.72 bits per heavy atom. The van der Waals surface area contributed by atoms with Gasteiger partial charge in [0.05, 0.1) is 26.0 Å². The largest absolute Gasteiger partial charge is 0.394 e. The van der Waals surface area contributed by atoms with Crippen LogP contribution in [0, 0.1) is 0 Å². The summed E-state index contributed by atoms with van der Waals surface area (Å²) in [5, 5.41) is 9.61. The van der Waals surface area contributed by atoms with Gasteiger partial charge >= 0.3 is 6.03 Å². The molecule has 1 aliphatic rings. The summed E-state index contributed by atoms with van der Waals surface area (Å²) in [6, 6.07) is 9.80. The third-order valence-electron chi connectivity index (χ3n) is 3.24. The van der Waals surface area contributed by atoms with Gasteiger partial charge in [0.15, 0.2) is 0 Å². The van der Waals surface area contributed by atoms with Crippen molar-refractivity contribution in [2.45, 2.75) is 6.04 Å². The lowest BCUT2D eigenvalue weighted by molar-refractivity contribution is 0.00898. The number of nitrogens with zero attached hydrogens (tertiary/aromatic N) is 3. The van der Waals surface area contributed by atoms with Gasteiger partial charge in [-0.2, -0.15) is 0 Å². The van der Waals surface area contributed by atoms with Crippen molar-refractivity contribution in [2.75, 3.05) is 34.0 Å². The van der Waals surface area contributed by atoms with E-state index in [1.54, 1.807) is 23.9 Å². The second-order valence-electron chi connectivity index (χ2n) is 4.66. The first-order valence-corrected chi connectivity index (χ1v) is 5.99. The summed E-state index contributed by atoms with van der Waals surface area (Å²) in [4.78, 5) is 17.1. The zero-order valence-corrected chi connectivity index (χ0v) is 10.8. The summed E-state index contributed by atoms with van der Waals surface area (Å²) >= 11 is 0. The van der Waals surface area contributed by atoms with Crippen LogP contribution in [-0.4, -0.2) is 59.9 Å². The molecule has 0 aliphatic carbocycles. The molecule has 1 atom stereocenters.